The van der Waals surface area contributed by atoms with Gasteiger partial charge in [-0.15, -0.1) is 16.7 Å². The summed E-state index contributed by atoms with van der Waals surface area (Å²) in [6.07, 6.45) is 0. The maximum atomic E-state index is 5.64. The first kappa shape index (κ1) is 7.82. The minimum absolute atomic E-state index is 0.361. The number of aryl methyl sites for hydroxylation is 1. The highest BCUT2D eigenvalue weighted by Gasteiger charge is 2.06. The van der Waals surface area contributed by atoms with Crippen LogP contribution in [0.25, 0.3) is 0 Å². The Labute approximate surface area is 68.9 Å². The van der Waals surface area contributed by atoms with E-state index in [4.69, 9.17) is 23.2 Å². The van der Waals surface area contributed by atoms with Gasteiger partial charge in [-0.25, -0.2) is 4.68 Å². The van der Waals surface area contributed by atoms with Gasteiger partial charge in [0.25, 0.3) is 0 Å². The molecular formula is C5H7Cl2N3. The summed E-state index contributed by atoms with van der Waals surface area (Å²) >= 11 is 11.2. The summed E-state index contributed by atoms with van der Waals surface area (Å²) in [5, 5.41) is 7.81. The van der Waals surface area contributed by atoms with E-state index in [-0.39, 0.29) is 0 Å². The first-order chi connectivity index (χ1) is 4.79. The van der Waals surface area contributed by atoms with Crippen molar-refractivity contribution < 1.29 is 0 Å². The van der Waals surface area contributed by atoms with Crippen molar-refractivity contribution in [1.29, 1.82) is 0 Å². The Kier molecular flexibility index (Phi) is 2.51. The molecule has 0 unspecified atom stereocenters. The van der Waals surface area contributed by atoms with Gasteiger partial charge in [0.2, 0.25) is 0 Å². The van der Waals surface area contributed by atoms with Crippen LogP contribution in [0.1, 0.15) is 12.6 Å². The second-order valence-corrected chi connectivity index (χ2v) is 2.40. The van der Waals surface area contributed by atoms with Crippen molar-refractivity contribution >= 4 is 23.2 Å². The molecule has 1 rings (SSSR count). The van der Waals surface area contributed by atoms with Crippen LogP contribution < -0.4 is 0 Å². The van der Waals surface area contributed by atoms with Crippen molar-refractivity contribution in [1.82, 2.24) is 15.0 Å². The van der Waals surface area contributed by atoms with Crippen LogP contribution in [0, 0.1) is 0 Å². The Morgan fingerprint density at radius 3 is 2.70 bits per heavy atom. The molecule has 0 aromatic carbocycles. The number of hydrogen-bond acceptors (Lipinski definition) is 2. The molecule has 3 nitrogen and oxygen atoms in total. The Morgan fingerprint density at radius 2 is 2.30 bits per heavy atom. The number of halogens is 2. The highest BCUT2D eigenvalue weighted by molar-refractivity contribution is 6.30. The topological polar surface area (TPSA) is 30.7 Å². The predicted molar refractivity (Wildman–Crippen MR) is 40.3 cm³/mol. The average molecular weight is 180 g/mol. The lowest BCUT2D eigenvalue weighted by atomic mass is 10.5. The second kappa shape index (κ2) is 3.21. The van der Waals surface area contributed by atoms with Gasteiger partial charge in [0, 0.05) is 6.54 Å². The fourth-order valence-corrected chi connectivity index (χ4v) is 1.22. The number of rotatable bonds is 2. The van der Waals surface area contributed by atoms with Crippen LogP contribution in [0.5, 0.6) is 0 Å². The third-order valence-corrected chi connectivity index (χ3v) is 1.76. The molecule has 0 bridgehead atoms. The van der Waals surface area contributed by atoms with E-state index >= 15 is 0 Å². The highest BCUT2D eigenvalue weighted by atomic mass is 35.5. The van der Waals surface area contributed by atoms with Gasteiger partial charge in [-0.3, -0.25) is 0 Å². The van der Waals surface area contributed by atoms with Crippen molar-refractivity contribution in [2.45, 2.75) is 19.3 Å². The van der Waals surface area contributed by atoms with Crippen LogP contribution >= 0.6 is 23.2 Å². The molecular weight excluding hydrogens is 173 g/mol. The minimum atomic E-state index is 0.361. The normalized spacial score (nSPS) is 10.3. The van der Waals surface area contributed by atoms with E-state index in [0.717, 1.165) is 12.2 Å². The molecule has 1 aromatic rings. The van der Waals surface area contributed by atoms with Crippen LogP contribution in [0.3, 0.4) is 0 Å². The number of nitrogens with zero attached hydrogens (tertiary/aromatic N) is 3. The molecule has 0 saturated carbocycles. The quantitative estimate of drug-likeness (QED) is 0.648. The molecule has 0 aliphatic heterocycles. The predicted octanol–water partition coefficient (Wildman–Crippen LogP) is 1.69. The minimum Gasteiger partial charge on any atom is -0.247 e. The molecule has 1 aromatic heterocycles. The molecule has 10 heavy (non-hydrogen) atoms. The zero-order chi connectivity index (χ0) is 7.56. The van der Waals surface area contributed by atoms with E-state index in [1.54, 1.807) is 4.68 Å². The van der Waals surface area contributed by atoms with E-state index in [1.807, 2.05) is 6.92 Å². The monoisotopic (exact) mass is 179 g/mol. The maximum absolute atomic E-state index is 5.64. The second-order valence-electron chi connectivity index (χ2n) is 1.78. The summed E-state index contributed by atoms with van der Waals surface area (Å²) < 4.78 is 1.68. The molecule has 0 amide bonds. The van der Waals surface area contributed by atoms with Gasteiger partial charge in [0.05, 0.1) is 11.6 Å². The third-order valence-electron chi connectivity index (χ3n) is 1.22. The lowest BCUT2D eigenvalue weighted by Gasteiger charge is -1.96. The molecule has 0 spiro atoms. The first-order valence-electron chi connectivity index (χ1n) is 2.93. The SMILES string of the molecule is CCn1nnc(Cl)c1CCl. The Balaban J connectivity index is 3.01. The van der Waals surface area contributed by atoms with Gasteiger partial charge in [-0.1, -0.05) is 16.8 Å². The third kappa shape index (κ3) is 1.25. The fourth-order valence-electron chi connectivity index (χ4n) is 0.690. The Bertz CT molecular complexity index is 221. The maximum Gasteiger partial charge on any atom is 0.175 e. The van der Waals surface area contributed by atoms with Crippen molar-refractivity contribution in [2.24, 2.45) is 0 Å². The van der Waals surface area contributed by atoms with E-state index < -0.39 is 0 Å². The summed E-state index contributed by atoms with van der Waals surface area (Å²) in [6, 6.07) is 0. The number of aromatic nitrogens is 3. The average Bonchev–Trinajstić information content (AvgIpc) is 2.30. The first-order valence-corrected chi connectivity index (χ1v) is 3.84. The van der Waals surface area contributed by atoms with E-state index in [1.165, 1.54) is 0 Å². The summed E-state index contributed by atoms with van der Waals surface area (Å²) in [6.45, 7) is 2.71. The fraction of sp³-hybridized carbons (Fsp3) is 0.600. The molecule has 0 fully saturated rings. The van der Waals surface area contributed by atoms with Gasteiger partial charge >= 0.3 is 0 Å². The molecule has 0 aliphatic carbocycles. The van der Waals surface area contributed by atoms with Crippen LogP contribution in [-0.4, -0.2) is 15.0 Å². The smallest absolute Gasteiger partial charge is 0.175 e. The van der Waals surface area contributed by atoms with Crippen molar-refractivity contribution in [3.05, 3.63) is 10.8 Å². The zero-order valence-electron chi connectivity index (χ0n) is 5.51. The van der Waals surface area contributed by atoms with Crippen molar-refractivity contribution in [3.8, 4) is 0 Å². The van der Waals surface area contributed by atoms with Crippen molar-refractivity contribution in [3.63, 3.8) is 0 Å². The standard InChI is InChI=1S/C5H7Cl2N3/c1-2-10-4(3-6)5(7)8-9-10/h2-3H2,1H3. The van der Waals surface area contributed by atoms with E-state index in [9.17, 15) is 0 Å². The Morgan fingerprint density at radius 1 is 1.60 bits per heavy atom. The summed E-state index contributed by atoms with van der Waals surface area (Å²) in [4.78, 5) is 0. The van der Waals surface area contributed by atoms with E-state index in [0.29, 0.717) is 11.0 Å². The van der Waals surface area contributed by atoms with Crippen LogP contribution in [0.4, 0.5) is 0 Å². The summed E-state index contributed by atoms with van der Waals surface area (Å²) in [5.41, 5.74) is 0.783. The lowest BCUT2D eigenvalue weighted by Crippen LogP contribution is -2.00. The zero-order valence-corrected chi connectivity index (χ0v) is 7.02. The van der Waals surface area contributed by atoms with Gasteiger partial charge in [-0.05, 0) is 6.92 Å². The largest absolute Gasteiger partial charge is 0.247 e. The van der Waals surface area contributed by atoms with Gasteiger partial charge in [-0.2, -0.15) is 0 Å². The molecule has 56 valence electrons. The molecule has 0 atom stereocenters. The number of alkyl halides is 1. The molecule has 1 heterocycles. The molecule has 5 heteroatoms. The lowest BCUT2D eigenvalue weighted by molar-refractivity contribution is 0.608. The van der Waals surface area contributed by atoms with Crippen molar-refractivity contribution in [2.75, 3.05) is 0 Å². The number of hydrogen-bond donors (Lipinski definition) is 0. The summed E-state index contributed by atoms with van der Waals surface area (Å²) in [7, 11) is 0. The highest BCUT2D eigenvalue weighted by Crippen LogP contribution is 2.13. The molecule has 0 radical (unpaired) electrons. The van der Waals surface area contributed by atoms with Gasteiger partial charge in [0.15, 0.2) is 5.15 Å². The van der Waals surface area contributed by atoms with Gasteiger partial charge < -0.3 is 0 Å². The molecule has 0 N–H and O–H groups in total. The molecule has 0 saturated heterocycles. The van der Waals surface area contributed by atoms with Crippen LogP contribution in [0.15, 0.2) is 0 Å². The van der Waals surface area contributed by atoms with Crippen LogP contribution in [-0.2, 0) is 12.4 Å². The molecule has 0 aliphatic rings. The van der Waals surface area contributed by atoms with E-state index in [2.05, 4.69) is 10.3 Å². The Hall–Kier alpha value is -0.280. The van der Waals surface area contributed by atoms with Gasteiger partial charge in [0.1, 0.15) is 0 Å². The summed E-state index contributed by atoms with van der Waals surface area (Å²) in [5.74, 6) is 0.361. The van der Waals surface area contributed by atoms with Crippen LogP contribution in [0.2, 0.25) is 5.15 Å².